The first kappa shape index (κ1) is 16.2. The third-order valence-corrected chi connectivity index (χ3v) is 5.10. The summed E-state index contributed by atoms with van der Waals surface area (Å²) in [5, 5.41) is 0. The van der Waals surface area contributed by atoms with E-state index in [9.17, 15) is 9.59 Å². The number of hydrogen-bond acceptors (Lipinski definition) is 6. The molecule has 1 saturated heterocycles. The maximum atomic E-state index is 11.7. The first-order valence-electron chi connectivity index (χ1n) is 7.56. The van der Waals surface area contributed by atoms with E-state index in [1.807, 2.05) is 6.07 Å². The molecule has 0 saturated carbocycles. The number of ether oxygens (including phenoxy) is 2. The molecule has 1 atom stereocenters. The molecule has 7 heteroatoms. The average Bonchev–Trinajstić information content (AvgIpc) is 2.82. The van der Waals surface area contributed by atoms with Crippen molar-refractivity contribution in [2.75, 3.05) is 26.8 Å². The summed E-state index contributed by atoms with van der Waals surface area (Å²) in [7, 11) is 3.18. The van der Waals surface area contributed by atoms with E-state index in [1.165, 1.54) is 18.4 Å². The van der Waals surface area contributed by atoms with Crippen molar-refractivity contribution in [3.8, 4) is 0 Å². The fourth-order valence-electron chi connectivity index (χ4n) is 2.85. The minimum atomic E-state index is -0.243. The van der Waals surface area contributed by atoms with E-state index < -0.39 is 0 Å². The van der Waals surface area contributed by atoms with Crippen molar-refractivity contribution >= 4 is 27.5 Å². The van der Waals surface area contributed by atoms with Gasteiger partial charge in [0, 0.05) is 26.7 Å². The minimum absolute atomic E-state index is 0.0571. The van der Waals surface area contributed by atoms with E-state index in [0.29, 0.717) is 13.2 Å². The second kappa shape index (κ2) is 6.82. The largest absolute Gasteiger partial charge is 0.469 e. The zero-order valence-electron chi connectivity index (χ0n) is 13.3. The second-order valence-electron chi connectivity index (χ2n) is 5.74. The van der Waals surface area contributed by atoms with Gasteiger partial charge in [0.25, 0.3) is 0 Å². The van der Waals surface area contributed by atoms with E-state index in [2.05, 4.69) is 17.0 Å². The molecule has 3 rings (SSSR count). The fraction of sp³-hybridized carbons (Fsp3) is 0.500. The number of methoxy groups -OCH3 is 1. The van der Waals surface area contributed by atoms with E-state index >= 15 is 0 Å². The summed E-state index contributed by atoms with van der Waals surface area (Å²) >= 11 is 1.27. The molecule has 1 aromatic carbocycles. The van der Waals surface area contributed by atoms with Crippen LogP contribution in [0.5, 0.6) is 0 Å². The highest BCUT2D eigenvalue weighted by Crippen LogP contribution is 2.20. The van der Waals surface area contributed by atoms with Crippen LogP contribution in [0, 0.1) is 0 Å². The van der Waals surface area contributed by atoms with Crippen molar-refractivity contribution in [1.82, 2.24) is 9.47 Å². The molecular formula is C16H20N2O4S. The third kappa shape index (κ3) is 3.63. The zero-order chi connectivity index (χ0) is 16.4. The highest BCUT2D eigenvalue weighted by Gasteiger charge is 2.23. The fourth-order valence-corrected chi connectivity index (χ4v) is 3.79. The first-order valence-corrected chi connectivity index (χ1v) is 8.37. The Bertz CT molecular complexity index is 767. The van der Waals surface area contributed by atoms with Gasteiger partial charge in [0.05, 0.1) is 36.5 Å². The number of aromatic nitrogens is 1. The Kier molecular flexibility index (Phi) is 4.79. The van der Waals surface area contributed by atoms with E-state index in [4.69, 9.17) is 9.47 Å². The van der Waals surface area contributed by atoms with Gasteiger partial charge in [-0.15, -0.1) is 0 Å². The number of carbonyl (C=O) groups excluding carboxylic acids is 1. The molecule has 2 heterocycles. The molecule has 0 bridgehead atoms. The Morgan fingerprint density at radius 2 is 2.30 bits per heavy atom. The number of nitrogens with zero attached hydrogens (tertiary/aromatic N) is 2. The molecule has 0 spiro atoms. The molecule has 1 fully saturated rings. The number of carbonyl (C=O) groups is 1. The normalized spacial score (nSPS) is 19.1. The molecule has 1 aliphatic heterocycles. The van der Waals surface area contributed by atoms with Crippen molar-refractivity contribution in [3.05, 3.63) is 33.4 Å². The lowest BCUT2D eigenvalue weighted by Gasteiger charge is -2.32. The highest BCUT2D eigenvalue weighted by molar-refractivity contribution is 7.16. The van der Waals surface area contributed by atoms with Crippen LogP contribution in [-0.4, -0.2) is 48.3 Å². The van der Waals surface area contributed by atoms with E-state index in [-0.39, 0.29) is 23.4 Å². The molecule has 0 radical (unpaired) electrons. The van der Waals surface area contributed by atoms with Gasteiger partial charge in [-0.1, -0.05) is 17.4 Å². The molecular weight excluding hydrogens is 316 g/mol. The van der Waals surface area contributed by atoms with Gasteiger partial charge < -0.3 is 14.0 Å². The van der Waals surface area contributed by atoms with Gasteiger partial charge in [-0.3, -0.25) is 14.5 Å². The average molecular weight is 336 g/mol. The summed E-state index contributed by atoms with van der Waals surface area (Å²) in [5.74, 6) is -0.243. The SMILES string of the molecule is COC(=O)CC1CN(Cc2ccc3c(c2)sc(=O)n3C)CCO1. The molecule has 23 heavy (non-hydrogen) atoms. The van der Waals surface area contributed by atoms with E-state index in [0.717, 1.165) is 28.9 Å². The maximum Gasteiger partial charge on any atom is 0.308 e. The summed E-state index contributed by atoms with van der Waals surface area (Å²) in [6.45, 7) is 2.94. The molecule has 0 N–H and O–H groups in total. The number of thiazole rings is 1. The topological polar surface area (TPSA) is 60.8 Å². The minimum Gasteiger partial charge on any atom is -0.469 e. The summed E-state index contributed by atoms with van der Waals surface area (Å²) in [4.78, 5) is 25.4. The van der Waals surface area contributed by atoms with E-state index in [1.54, 1.807) is 11.6 Å². The first-order chi connectivity index (χ1) is 11.1. The van der Waals surface area contributed by atoms with Crippen molar-refractivity contribution in [2.45, 2.75) is 19.1 Å². The summed E-state index contributed by atoms with van der Waals surface area (Å²) in [6.07, 6.45) is 0.166. The summed E-state index contributed by atoms with van der Waals surface area (Å²) < 4.78 is 13.0. The van der Waals surface area contributed by atoms with Crippen LogP contribution >= 0.6 is 11.3 Å². The lowest BCUT2D eigenvalue weighted by atomic mass is 10.1. The zero-order valence-corrected chi connectivity index (χ0v) is 14.1. The van der Waals surface area contributed by atoms with Gasteiger partial charge in [-0.05, 0) is 17.7 Å². The van der Waals surface area contributed by atoms with Crippen molar-refractivity contribution in [1.29, 1.82) is 0 Å². The quantitative estimate of drug-likeness (QED) is 0.789. The van der Waals surface area contributed by atoms with Crippen molar-refractivity contribution in [3.63, 3.8) is 0 Å². The number of esters is 1. The number of rotatable bonds is 4. The highest BCUT2D eigenvalue weighted by atomic mass is 32.1. The van der Waals surface area contributed by atoms with Crippen LogP contribution < -0.4 is 4.87 Å². The Hall–Kier alpha value is -1.70. The van der Waals surface area contributed by atoms with Crippen LogP contribution in [0.25, 0.3) is 10.2 Å². The monoisotopic (exact) mass is 336 g/mol. The lowest BCUT2D eigenvalue weighted by molar-refractivity contribution is -0.145. The van der Waals surface area contributed by atoms with Crippen LogP contribution in [0.15, 0.2) is 23.0 Å². The molecule has 124 valence electrons. The summed E-state index contributed by atoms with van der Waals surface area (Å²) in [5.41, 5.74) is 2.13. The predicted molar refractivity (Wildman–Crippen MR) is 88.7 cm³/mol. The van der Waals surface area contributed by atoms with Gasteiger partial charge in [0.2, 0.25) is 0 Å². The van der Waals surface area contributed by atoms with Gasteiger partial charge in [-0.25, -0.2) is 0 Å². The number of morpholine rings is 1. The van der Waals surface area contributed by atoms with Crippen LogP contribution in [-0.2, 0) is 27.9 Å². The Labute approximate surface area is 138 Å². The molecule has 1 aliphatic rings. The number of aryl methyl sites for hydroxylation is 1. The molecule has 0 aliphatic carbocycles. The number of hydrogen-bond donors (Lipinski definition) is 0. The second-order valence-corrected chi connectivity index (χ2v) is 6.73. The molecule has 2 aromatic rings. The molecule has 1 aromatic heterocycles. The Morgan fingerprint density at radius 3 is 3.09 bits per heavy atom. The maximum absolute atomic E-state index is 11.7. The molecule has 1 unspecified atom stereocenters. The predicted octanol–water partition coefficient (Wildman–Crippen LogP) is 1.36. The van der Waals surface area contributed by atoms with Crippen LogP contribution in [0.4, 0.5) is 0 Å². The van der Waals surface area contributed by atoms with Gasteiger partial charge in [0.15, 0.2) is 0 Å². The third-order valence-electron chi connectivity index (χ3n) is 4.11. The summed E-state index contributed by atoms with van der Waals surface area (Å²) in [6, 6.07) is 6.13. The van der Waals surface area contributed by atoms with Gasteiger partial charge in [-0.2, -0.15) is 0 Å². The lowest BCUT2D eigenvalue weighted by Crippen LogP contribution is -2.42. The number of benzene rings is 1. The smallest absolute Gasteiger partial charge is 0.308 e. The Balaban J connectivity index is 1.69. The molecule has 0 amide bonds. The van der Waals surface area contributed by atoms with Crippen LogP contribution in [0.3, 0.4) is 0 Å². The van der Waals surface area contributed by atoms with Crippen molar-refractivity contribution in [2.24, 2.45) is 7.05 Å². The van der Waals surface area contributed by atoms with Crippen LogP contribution in [0.1, 0.15) is 12.0 Å². The number of fused-ring (bicyclic) bond motifs is 1. The standard InChI is InChI=1S/C16H20N2O4S/c1-17-13-4-3-11(7-14(13)23-16(17)20)9-18-5-6-22-12(10-18)8-15(19)21-2/h3-4,7,12H,5-6,8-10H2,1-2H3. The van der Waals surface area contributed by atoms with Gasteiger partial charge in [0.1, 0.15) is 0 Å². The van der Waals surface area contributed by atoms with Crippen molar-refractivity contribution < 1.29 is 14.3 Å². The van der Waals surface area contributed by atoms with Gasteiger partial charge >= 0.3 is 10.8 Å². The van der Waals surface area contributed by atoms with Crippen LogP contribution in [0.2, 0.25) is 0 Å². The Morgan fingerprint density at radius 1 is 1.48 bits per heavy atom. The molecule has 6 nitrogen and oxygen atoms in total.